The van der Waals surface area contributed by atoms with Crippen LogP contribution < -0.4 is 15.5 Å². The molecule has 7 nitrogen and oxygen atoms in total. The van der Waals surface area contributed by atoms with Gasteiger partial charge in [0.25, 0.3) is 0 Å². The van der Waals surface area contributed by atoms with Crippen LogP contribution in [0.4, 0.5) is 11.4 Å². The number of methoxy groups -OCH3 is 1. The molecule has 1 aliphatic heterocycles. The maximum atomic E-state index is 12.1. The molecule has 206 valence electrons. The molecule has 2 atom stereocenters. The van der Waals surface area contributed by atoms with E-state index in [0.29, 0.717) is 15.8 Å². The fraction of sp³-hybridized carbons (Fsp3) is 0.258. The fourth-order valence-corrected chi connectivity index (χ4v) is 6.08. The van der Waals surface area contributed by atoms with Crippen molar-refractivity contribution < 1.29 is 9.53 Å². The summed E-state index contributed by atoms with van der Waals surface area (Å²) in [6, 6.07) is 21.8. The Morgan fingerprint density at radius 2 is 1.90 bits per heavy atom. The van der Waals surface area contributed by atoms with Gasteiger partial charge in [0.15, 0.2) is 5.11 Å². The predicted octanol–water partition coefficient (Wildman–Crippen LogP) is 6.47. The summed E-state index contributed by atoms with van der Waals surface area (Å²) in [7, 11) is 1.47. The number of rotatable bonds is 8. The molecule has 9 heteroatoms. The number of carbonyl (C=O) groups excluding carboxylic acids is 1. The number of nitrogens with one attached hydrogen (secondary N) is 2. The van der Waals surface area contributed by atoms with Crippen LogP contribution in [-0.2, 0) is 16.0 Å². The van der Waals surface area contributed by atoms with Crippen molar-refractivity contribution in [3.8, 4) is 5.69 Å². The lowest BCUT2D eigenvalue weighted by Gasteiger charge is -2.28. The van der Waals surface area contributed by atoms with Gasteiger partial charge in [-0.05, 0) is 86.1 Å². The SMILES string of the molecule is CCc1ccccc1-n1c(C)cc(C2C(c3ccccn3)NC(=S)N2c2ccc(NC(=O)COC)c(Cl)c2)c1C. The highest BCUT2D eigenvalue weighted by Gasteiger charge is 2.42. The number of thiocarbonyl (C=S) groups is 1. The van der Waals surface area contributed by atoms with Crippen molar-refractivity contribution in [2.75, 3.05) is 23.9 Å². The first-order chi connectivity index (χ1) is 19.3. The first-order valence-corrected chi connectivity index (χ1v) is 14.0. The van der Waals surface area contributed by atoms with E-state index in [4.69, 9.17) is 28.6 Å². The normalized spacial score (nSPS) is 16.7. The summed E-state index contributed by atoms with van der Waals surface area (Å²) < 4.78 is 7.25. The van der Waals surface area contributed by atoms with E-state index in [2.05, 4.69) is 76.2 Å². The van der Waals surface area contributed by atoms with Crippen LogP contribution in [0.15, 0.2) is 72.9 Å². The number of para-hydroxylation sites is 1. The number of anilines is 2. The van der Waals surface area contributed by atoms with Crippen molar-refractivity contribution in [1.29, 1.82) is 0 Å². The molecule has 4 aromatic rings. The van der Waals surface area contributed by atoms with Gasteiger partial charge in [0.2, 0.25) is 5.91 Å². The van der Waals surface area contributed by atoms with Crippen LogP contribution in [0.25, 0.3) is 5.69 Å². The van der Waals surface area contributed by atoms with Gasteiger partial charge in [-0.1, -0.05) is 42.8 Å². The summed E-state index contributed by atoms with van der Waals surface area (Å²) in [4.78, 5) is 18.9. The Kier molecular flexibility index (Phi) is 8.21. The van der Waals surface area contributed by atoms with Gasteiger partial charge in [0.1, 0.15) is 6.61 Å². The van der Waals surface area contributed by atoms with Crippen LogP contribution in [0.5, 0.6) is 0 Å². The predicted molar refractivity (Wildman–Crippen MR) is 165 cm³/mol. The molecule has 1 amide bonds. The van der Waals surface area contributed by atoms with Crippen LogP contribution in [0.3, 0.4) is 0 Å². The van der Waals surface area contributed by atoms with Crippen molar-refractivity contribution in [3.63, 3.8) is 0 Å². The first kappa shape index (κ1) is 27.8. The maximum absolute atomic E-state index is 12.1. The summed E-state index contributed by atoms with van der Waals surface area (Å²) in [5.41, 5.74) is 8.10. The summed E-state index contributed by atoms with van der Waals surface area (Å²) in [6.45, 7) is 6.42. The lowest BCUT2D eigenvalue weighted by molar-refractivity contribution is -0.119. The molecule has 0 aliphatic carbocycles. The fourth-order valence-electron chi connectivity index (χ4n) is 5.51. The second kappa shape index (κ2) is 11.8. The summed E-state index contributed by atoms with van der Waals surface area (Å²) in [5.74, 6) is -0.275. The van der Waals surface area contributed by atoms with Crippen LogP contribution >= 0.6 is 23.8 Å². The van der Waals surface area contributed by atoms with E-state index >= 15 is 0 Å². The van der Waals surface area contributed by atoms with Crippen molar-refractivity contribution in [2.24, 2.45) is 0 Å². The number of aryl methyl sites for hydroxylation is 2. The topological polar surface area (TPSA) is 71.4 Å². The zero-order chi connectivity index (χ0) is 28.4. The standard InChI is InChI=1S/C31H32ClN5O2S/c1-5-21-10-6-7-12-27(21)36-19(2)16-23(20(36)3)30-29(26-11-8-9-15-33-26)35-31(40)37(30)22-13-14-25(24(32)17-22)34-28(38)18-39-4/h6-17,29-30H,5,18H2,1-4H3,(H,34,38)(H,35,40). The minimum atomic E-state index is -0.275. The molecule has 0 bridgehead atoms. The largest absolute Gasteiger partial charge is 0.375 e. The average molecular weight is 574 g/mol. The maximum Gasteiger partial charge on any atom is 0.250 e. The van der Waals surface area contributed by atoms with Gasteiger partial charge in [-0.3, -0.25) is 9.78 Å². The van der Waals surface area contributed by atoms with Gasteiger partial charge < -0.3 is 24.8 Å². The summed E-state index contributed by atoms with van der Waals surface area (Å²) in [6.07, 6.45) is 2.74. The zero-order valence-corrected chi connectivity index (χ0v) is 24.5. The Labute approximate surface area is 245 Å². The van der Waals surface area contributed by atoms with Gasteiger partial charge in [-0.15, -0.1) is 0 Å². The van der Waals surface area contributed by atoms with Crippen LogP contribution in [-0.4, -0.2) is 34.3 Å². The molecule has 1 aliphatic rings. The molecule has 1 saturated heterocycles. The smallest absolute Gasteiger partial charge is 0.250 e. The molecular weight excluding hydrogens is 542 g/mol. The van der Waals surface area contributed by atoms with E-state index in [1.165, 1.54) is 18.4 Å². The summed E-state index contributed by atoms with van der Waals surface area (Å²) in [5, 5.41) is 7.30. The Morgan fingerprint density at radius 3 is 2.60 bits per heavy atom. The van der Waals surface area contributed by atoms with Gasteiger partial charge in [-0.25, -0.2) is 0 Å². The summed E-state index contributed by atoms with van der Waals surface area (Å²) >= 11 is 12.6. The Bertz CT molecular complexity index is 1550. The molecule has 2 aromatic carbocycles. The third kappa shape index (κ3) is 5.22. The van der Waals surface area contributed by atoms with Crippen LogP contribution in [0.2, 0.25) is 5.02 Å². The molecule has 2 aromatic heterocycles. The van der Waals surface area contributed by atoms with Crippen LogP contribution in [0, 0.1) is 13.8 Å². The third-order valence-corrected chi connectivity index (χ3v) is 7.91. The average Bonchev–Trinajstić information content (AvgIpc) is 3.45. The molecular formula is C31H32ClN5O2S. The number of benzene rings is 2. The monoisotopic (exact) mass is 573 g/mol. The van der Waals surface area contributed by atoms with Gasteiger partial charge in [0, 0.05) is 36.1 Å². The zero-order valence-electron chi connectivity index (χ0n) is 22.9. The first-order valence-electron chi connectivity index (χ1n) is 13.2. The van der Waals surface area contributed by atoms with Gasteiger partial charge >= 0.3 is 0 Å². The van der Waals surface area contributed by atoms with Crippen LogP contribution in [0.1, 0.15) is 47.2 Å². The quantitative estimate of drug-likeness (QED) is 0.236. The molecule has 5 rings (SSSR count). The molecule has 2 N–H and O–H groups in total. The number of ether oxygens (including phenoxy) is 1. The number of carbonyl (C=O) groups is 1. The van der Waals surface area contributed by atoms with E-state index in [1.807, 2.05) is 30.3 Å². The van der Waals surface area contributed by atoms with Gasteiger partial charge in [0.05, 0.1) is 28.5 Å². The highest BCUT2D eigenvalue weighted by molar-refractivity contribution is 7.80. The minimum absolute atomic E-state index is 0.0528. The number of amides is 1. The molecule has 3 heterocycles. The van der Waals surface area contributed by atoms with Crippen molar-refractivity contribution >= 4 is 46.2 Å². The second-order valence-electron chi connectivity index (χ2n) is 9.79. The molecule has 2 unspecified atom stereocenters. The number of nitrogens with zero attached hydrogens (tertiary/aromatic N) is 3. The van der Waals surface area contributed by atoms with E-state index in [-0.39, 0.29) is 24.6 Å². The lowest BCUT2D eigenvalue weighted by Crippen LogP contribution is -2.29. The number of halogens is 1. The lowest BCUT2D eigenvalue weighted by atomic mass is 9.96. The number of hydrogen-bond donors (Lipinski definition) is 2. The Balaban J connectivity index is 1.62. The Morgan fingerprint density at radius 1 is 1.12 bits per heavy atom. The van der Waals surface area contributed by atoms with Crippen molar-refractivity contribution in [1.82, 2.24) is 14.9 Å². The van der Waals surface area contributed by atoms with Crippen molar-refractivity contribution in [2.45, 2.75) is 39.3 Å². The molecule has 1 fully saturated rings. The third-order valence-electron chi connectivity index (χ3n) is 7.28. The van der Waals surface area contributed by atoms with E-state index in [1.54, 1.807) is 12.3 Å². The minimum Gasteiger partial charge on any atom is -0.375 e. The molecule has 40 heavy (non-hydrogen) atoms. The molecule has 0 radical (unpaired) electrons. The number of aromatic nitrogens is 2. The molecule has 0 saturated carbocycles. The number of pyridine rings is 1. The Hall–Kier alpha value is -3.72. The highest BCUT2D eigenvalue weighted by atomic mass is 35.5. The molecule has 0 spiro atoms. The van der Waals surface area contributed by atoms with E-state index in [0.717, 1.165) is 34.8 Å². The highest BCUT2D eigenvalue weighted by Crippen LogP contribution is 2.45. The van der Waals surface area contributed by atoms with Gasteiger partial charge in [-0.2, -0.15) is 0 Å². The van der Waals surface area contributed by atoms with Crippen molar-refractivity contribution in [3.05, 3.63) is 106 Å². The van der Waals surface area contributed by atoms with E-state index in [9.17, 15) is 4.79 Å². The second-order valence-corrected chi connectivity index (χ2v) is 10.6. The number of hydrogen-bond acceptors (Lipinski definition) is 4. The van der Waals surface area contributed by atoms with E-state index < -0.39 is 0 Å².